The van der Waals surface area contributed by atoms with Gasteiger partial charge in [-0.05, 0) is 25.8 Å². The van der Waals surface area contributed by atoms with E-state index in [4.69, 9.17) is 15.0 Å². The lowest BCUT2D eigenvalue weighted by atomic mass is 9.99. The molecule has 0 amide bonds. The van der Waals surface area contributed by atoms with Crippen LogP contribution in [0.2, 0.25) is 0 Å². The first-order valence-corrected chi connectivity index (χ1v) is 11.0. The van der Waals surface area contributed by atoms with Crippen molar-refractivity contribution in [3.63, 3.8) is 0 Å². The van der Waals surface area contributed by atoms with Crippen molar-refractivity contribution >= 4 is 5.97 Å². The van der Waals surface area contributed by atoms with Gasteiger partial charge >= 0.3 is 5.97 Å². The Morgan fingerprint density at radius 2 is 1.50 bits per heavy atom. The molecule has 0 aliphatic carbocycles. The van der Waals surface area contributed by atoms with E-state index in [-0.39, 0.29) is 6.10 Å². The molecule has 162 valence electrons. The summed E-state index contributed by atoms with van der Waals surface area (Å²) in [6.07, 6.45) is 14.9. The summed E-state index contributed by atoms with van der Waals surface area (Å²) in [4.78, 5) is 14.1. The van der Waals surface area contributed by atoms with Crippen LogP contribution in [0.25, 0.3) is 10.4 Å². The third-order valence-corrected chi connectivity index (χ3v) is 5.30. The number of carboxylic acid groups (broad SMARTS) is 1. The molecule has 1 aliphatic rings. The summed E-state index contributed by atoms with van der Waals surface area (Å²) in [5.41, 5.74) is 8.65. The summed E-state index contributed by atoms with van der Waals surface area (Å²) < 4.78 is 11.6. The molecular weight excluding hydrogens is 358 g/mol. The molecule has 0 unspecified atom stereocenters. The molecule has 1 aliphatic heterocycles. The molecule has 0 saturated carbocycles. The zero-order valence-electron chi connectivity index (χ0n) is 17.9. The second kappa shape index (κ2) is 13.8. The zero-order chi connectivity index (χ0) is 20.8. The van der Waals surface area contributed by atoms with Crippen LogP contribution in [0.5, 0.6) is 0 Å². The van der Waals surface area contributed by atoms with Crippen LogP contribution in [0.15, 0.2) is 5.11 Å². The van der Waals surface area contributed by atoms with E-state index in [0.717, 1.165) is 19.3 Å². The van der Waals surface area contributed by atoms with Crippen molar-refractivity contribution < 1.29 is 19.4 Å². The summed E-state index contributed by atoms with van der Waals surface area (Å²) in [5, 5.41) is 12.7. The van der Waals surface area contributed by atoms with Crippen LogP contribution >= 0.6 is 0 Å². The smallest absolute Gasteiger partial charge is 0.315 e. The Kier molecular flexibility index (Phi) is 12.2. The van der Waals surface area contributed by atoms with Gasteiger partial charge in [-0.2, -0.15) is 0 Å². The molecule has 7 heteroatoms. The highest BCUT2D eigenvalue weighted by Gasteiger charge is 2.46. The fraction of sp³-hybridized carbons (Fsp3) is 0.952. The van der Waals surface area contributed by atoms with Crippen LogP contribution in [-0.2, 0) is 14.3 Å². The SMILES string of the molecule is CCCCCCCCCCCCCC[C@@H]1OC(C)(C)O[C@@H]1[C@@H](N=[N+]=[N-])C(=O)O. The van der Waals surface area contributed by atoms with Gasteiger partial charge in [-0.3, -0.25) is 4.79 Å². The van der Waals surface area contributed by atoms with E-state index in [2.05, 4.69) is 16.9 Å². The van der Waals surface area contributed by atoms with Crippen LogP contribution in [-0.4, -0.2) is 35.1 Å². The molecule has 28 heavy (non-hydrogen) atoms. The predicted octanol–water partition coefficient (Wildman–Crippen LogP) is 6.36. The Hall–Kier alpha value is -1.30. The van der Waals surface area contributed by atoms with E-state index in [0.29, 0.717) is 0 Å². The summed E-state index contributed by atoms with van der Waals surface area (Å²) in [6, 6.07) is -1.26. The molecule has 3 atom stereocenters. The van der Waals surface area contributed by atoms with Crippen molar-refractivity contribution in [3.05, 3.63) is 10.4 Å². The Balaban J connectivity index is 2.20. The fourth-order valence-electron chi connectivity index (χ4n) is 3.85. The maximum atomic E-state index is 11.4. The number of rotatable bonds is 16. The number of ether oxygens (including phenoxy) is 2. The molecule has 0 aromatic heterocycles. The van der Waals surface area contributed by atoms with Crippen molar-refractivity contribution in [2.75, 3.05) is 0 Å². The van der Waals surface area contributed by atoms with Gasteiger partial charge in [0.15, 0.2) is 11.8 Å². The van der Waals surface area contributed by atoms with E-state index in [1.165, 1.54) is 64.2 Å². The summed E-state index contributed by atoms with van der Waals surface area (Å²) >= 11 is 0. The lowest BCUT2D eigenvalue weighted by Crippen LogP contribution is -2.39. The van der Waals surface area contributed by atoms with Crippen LogP contribution < -0.4 is 0 Å². The molecule has 1 N–H and O–H groups in total. The number of hydrogen-bond donors (Lipinski definition) is 1. The van der Waals surface area contributed by atoms with Gasteiger partial charge < -0.3 is 14.6 Å². The highest BCUT2D eigenvalue weighted by atomic mass is 16.8. The Morgan fingerprint density at radius 3 is 1.96 bits per heavy atom. The molecule has 1 saturated heterocycles. The number of aliphatic carboxylic acids is 1. The van der Waals surface area contributed by atoms with E-state index < -0.39 is 23.9 Å². The third-order valence-electron chi connectivity index (χ3n) is 5.30. The highest BCUT2D eigenvalue weighted by molar-refractivity contribution is 5.74. The zero-order valence-corrected chi connectivity index (χ0v) is 17.9. The van der Waals surface area contributed by atoms with Gasteiger partial charge in [0.05, 0.1) is 6.10 Å². The van der Waals surface area contributed by atoms with E-state index in [1.54, 1.807) is 13.8 Å². The first-order valence-electron chi connectivity index (χ1n) is 11.0. The topological polar surface area (TPSA) is 105 Å². The molecule has 0 aromatic rings. The summed E-state index contributed by atoms with van der Waals surface area (Å²) in [5.74, 6) is -2.03. The number of unbranched alkanes of at least 4 members (excludes halogenated alkanes) is 11. The van der Waals surface area contributed by atoms with Gasteiger partial charge in [0.2, 0.25) is 0 Å². The van der Waals surface area contributed by atoms with E-state index >= 15 is 0 Å². The molecule has 1 rings (SSSR count). The molecule has 7 nitrogen and oxygen atoms in total. The van der Waals surface area contributed by atoms with Crippen molar-refractivity contribution in [1.29, 1.82) is 0 Å². The molecule has 0 radical (unpaired) electrons. The van der Waals surface area contributed by atoms with Crippen LogP contribution in [0, 0.1) is 0 Å². The standard InChI is InChI=1S/C21H39N3O4/c1-4-5-6-7-8-9-10-11-12-13-14-15-16-17-19(28-21(2,3)27-17)18(20(25)26)23-24-22/h17-19H,4-16H2,1-3H3,(H,25,26)/t17-,18+,19-/m0/s1. The van der Waals surface area contributed by atoms with Gasteiger partial charge in [-0.1, -0.05) is 89.1 Å². The van der Waals surface area contributed by atoms with Crippen LogP contribution in [0.1, 0.15) is 104 Å². The Morgan fingerprint density at radius 1 is 1.00 bits per heavy atom. The van der Waals surface area contributed by atoms with E-state index in [1.807, 2.05) is 0 Å². The van der Waals surface area contributed by atoms with E-state index in [9.17, 15) is 9.90 Å². The molecule has 1 heterocycles. The summed E-state index contributed by atoms with van der Waals surface area (Å²) in [6.45, 7) is 5.77. The average molecular weight is 398 g/mol. The molecule has 0 aromatic carbocycles. The van der Waals surface area contributed by atoms with Crippen molar-refractivity contribution in [3.8, 4) is 0 Å². The number of carboxylic acids is 1. The molecule has 0 spiro atoms. The fourth-order valence-corrected chi connectivity index (χ4v) is 3.85. The minimum atomic E-state index is -1.26. The number of carbonyl (C=O) groups is 1. The van der Waals surface area contributed by atoms with Crippen molar-refractivity contribution in [1.82, 2.24) is 0 Å². The molecular formula is C21H39N3O4. The number of hydrogen-bond acceptors (Lipinski definition) is 4. The second-order valence-corrected chi connectivity index (χ2v) is 8.30. The maximum absolute atomic E-state index is 11.4. The largest absolute Gasteiger partial charge is 0.481 e. The monoisotopic (exact) mass is 397 g/mol. The Labute approximate surface area is 169 Å². The summed E-state index contributed by atoms with van der Waals surface area (Å²) in [7, 11) is 0. The van der Waals surface area contributed by atoms with Gasteiger partial charge in [0.1, 0.15) is 6.10 Å². The highest BCUT2D eigenvalue weighted by Crippen LogP contribution is 2.34. The normalized spacial score (nSPS) is 22.0. The van der Waals surface area contributed by atoms with Crippen molar-refractivity contribution in [2.24, 2.45) is 5.11 Å². The molecule has 0 bridgehead atoms. The predicted molar refractivity (Wildman–Crippen MR) is 110 cm³/mol. The van der Waals surface area contributed by atoms with Gasteiger partial charge in [-0.25, -0.2) is 0 Å². The molecule has 1 fully saturated rings. The minimum Gasteiger partial charge on any atom is -0.481 e. The number of nitrogens with zero attached hydrogens (tertiary/aromatic N) is 3. The Bertz CT molecular complexity index is 490. The minimum absolute atomic E-state index is 0.357. The second-order valence-electron chi connectivity index (χ2n) is 8.30. The van der Waals surface area contributed by atoms with Crippen LogP contribution in [0.3, 0.4) is 0 Å². The first-order chi connectivity index (χ1) is 13.4. The van der Waals surface area contributed by atoms with Crippen molar-refractivity contribution in [2.45, 2.75) is 128 Å². The first kappa shape index (κ1) is 24.7. The van der Waals surface area contributed by atoms with Gasteiger partial charge in [0, 0.05) is 4.91 Å². The average Bonchev–Trinajstić information content (AvgIpc) is 2.94. The lowest BCUT2D eigenvalue weighted by molar-refractivity contribution is -0.155. The van der Waals surface area contributed by atoms with Crippen LogP contribution in [0.4, 0.5) is 0 Å². The third kappa shape index (κ3) is 9.76. The quantitative estimate of drug-likeness (QED) is 0.141. The lowest BCUT2D eigenvalue weighted by Gasteiger charge is -2.20. The van der Waals surface area contributed by atoms with Gasteiger partial charge in [0.25, 0.3) is 0 Å². The van der Waals surface area contributed by atoms with Gasteiger partial charge in [-0.15, -0.1) is 0 Å². The number of azide groups is 1. The maximum Gasteiger partial charge on any atom is 0.315 e.